The number of nitrogens with zero attached hydrogens (tertiary/aromatic N) is 1. The fourth-order valence-corrected chi connectivity index (χ4v) is 6.89. The van der Waals surface area contributed by atoms with Gasteiger partial charge in [-0.05, 0) is 66.1 Å². The SMILES string of the molecule is COc1ccc2c(c1OC)-c1ccc(O)c(=O)cc1C(N1C(=O)c3ccccc3C1=O)C[C@@H]2OS(=O)(=O)c1ccc(C)cc1. The number of methoxy groups -OCH3 is 2. The molecule has 4 aromatic rings. The molecule has 0 saturated heterocycles. The van der Waals surface area contributed by atoms with Crippen molar-refractivity contribution < 1.29 is 36.8 Å². The molecule has 0 saturated carbocycles. The number of benzene rings is 3. The van der Waals surface area contributed by atoms with Crippen LogP contribution in [0.4, 0.5) is 0 Å². The Hall–Kier alpha value is -5.00. The Morgan fingerprint density at radius 1 is 0.795 bits per heavy atom. The summed E-state index contributed by atoms with van der Waals surface area (Å²) >= 11 is 0. The third-order valence-electron chi connectivity index (χ3n) is 7.94. The zero-order valence-corrected chi connectivity index (χ0v) is 24.8. The zero-order valence-electron chi connectivity index (χ0n) is 23.9. The van der Waals surface area contributed by atoms with Gasteiger partial charge < -0.3 is 14.6 Å². The first-order valence-electron chi connectivity index (χ1n) is 13.6. The topological polar surface area (TPSA) is 137 Å². The number of amides is 2. The molecule has 224 valence electrons. The van der Waals surface area contributed by atoms with Crippen LogP contribution in [-0.2, 0) is 14.3 Å². The van der Waals surface area contributed by atoms with Crippen LogP contribution in [0.5, 0.6) is 17.2 Å². The minimum absolute atomic E-state index is 0.0812. The van der Waals surface area contributed by atoms with Gasteiger partial charge in [0.15, 0.2) is 17.2 Å². The van der Waals surface area contributed by atoms with Gasteiger partial charge in [-0.1, -0.05) is 42.0 Å². The molecule has 0 spiro atoms. The van der Waals surface area contributed by atoms with Crippen LogP contribution < -0.4 is 14.9 Å². The molecule has 1 aliphatic heterocycles. The van der Waals surface area contributed by atoms with E-state index >= 15 is 0 Å². The molecule has 2 atom stereocenters. The molecule has 0 aromatic heterocycles. The Balaban J connectivity index is 1.63. The lowest BCUT2D eigenvalue weighted by Crippen LogP contribution is -2.35. The smallest absolute Gasteiger partial charge is 0.297 e. The average molecular weight is 614 g/mol. The van der Waals surface area contributed by atoms with Gasteiger partial charge in [0.1, 0.15) is 6.10 Å². The molecule has 1 aliphatic carbocycles. The van der Waals surface area contributed by atoms with Crippen molar-refractivity contribution in [3.8, 4) is 28.4 Å². The number of hydrogen-bond acceptors (Lipinski definition) is 9. The molecule has 6 rings (SSSR count). The van der Waals surface area contributed by atoms with Crippen molar-refractivity contribution in [2.45, 2.75) is 30.4 Å². The van der Waals surface area contributed by atoms with E-state index in [1.165, 1.54) is 50.6 Å². The van der Waals surface area contributed by atoms with Crippen molar-refractivity contribution in [1.82, 2.24) is 4.90 Å². The molecule has 11 heteroatoms. The third-order valence-corrected chi connectivity index (χ3v) is 9.27. The molecule has 10 nitrogen and oxygen atoms in total. The molecule has 1 N–H and O–H groups in total. The largest absolute Gasteiger partial charge is 0.504 e. The van der Waals surface area contributed by atoms with Crippen LogP contribution in [0.3, 0.4) is 0 Å². The highest BCUT2D eigenvalue weighted by Gasteiger charge is 2.45. The van der Waals surface area contributed by atoms with Crippen LogP contribution in [0.1, 0.15) is 56.0 Å². The predicted molar refractivity (Wildman–Crippen MR) is 159 cm³/mol. The summed E-state index contributed by atoms with van der Waals surface area (Å²) in [4.78, 5) is 41.5. The Morgan fingerprint density at radius 2 is 1.45 bits per heavy atom. The summed E-state index contributed by atoms with van der Waals surface area (Å²) in [6.45, 7) is 1.82. The molecule has 44 heavy (non-hydrogen) atoms. The van der Waals surface area contributed by atoms with E-state index in [0.29, 0.717) is 22.4 Å². The maximum absolute atomic E-state index is 13.8. The number of carbonyl (C=O) groups is 2. The first kappa shape index (κ1) is 29.1. The fourth-order valence-electron chi connectivity index (χ4n) is 5.82. The molecule has 0 radical (unpaired) electrons. The molecular weight excluding hydrogens is 586 g/mol. The summed E-state index contributed by atoms with van der Waals surface area (Å²) in [7, 11) is -1.53. The second-order valence-corrected chi connectivity index (χ2v) is 12.1. The molecule has 2 amide bonds. The number of ether oxygens (including phenoxy) is 2. The molecule has 4 aromatic carbocycles. The first-order chi connectivity index (χ1) is 21.1. The van der Waals surface area contributed by atoms with Crippen LogP contribution in [0.25, 0.3) is 11.1 Å². The zero-order chi connectivity index (χ0) is 31.3. The highest BCUT2D eigenvalue weighted by molar-refractivity contribution is 7.86. The van der Waals surface area contributed by atoms with Gasteiger partial charge in [-0.25, -0.2) is 0 Å². The maximum Gasteiger partial charge on any atom is 0.297 e. The van der Waals surface area contributed by atoms with E-state index in [2.05, 4.69) is 0 Å². The van der Waals surface area contributed by atoms with Crippen molar-refractivity contribution >= 4 is 21.9 Å². The van der Waals surface area contributed by atoms with Gasteiger partial charge in [0.2, 0.25) is 5.43 Å². The number of hydrogen-bond donors (Lipinski definition) is 1. The van der Waals surface area contributed by atoms with Crippen LogP contribution in [0.15, 0.2) is 88.6 Å². The number of aromatic hydroxyl groups is 1. The highest BCUT2D eigenvalue weighted by Crippen LogP contribution is 2.52. The molecule has 1 unspecified atom stereocenters. The fraction of sp³-hybridized carbons (Fsp3) is 0.182. The first-order valence-corrected chi connectivity index (χ1v) is 15.1. The highest BCUT2D eigenvalue weighted by atomic mass is 32.2. The Labute approximate surface area is 253 Å². The van der Waals surface area contributed by atoms with E-state index in [4.69, 9.17) is 13.7 Å². The second kappa shape index (κ2) is 10.9. The van der Waals surface area contributed by atoms with E-state index in [9.17, 15) is 27.9 Å². The lowest BCUT2D eigenvalue weighted by Gasteiger charge is -2.28. The van der Waals surface area contributed by atoms with Crippen molar-refractivity contribution in [2.24, 2.45) is 0 Å². The van der Waals surface area contributed by atoms with E-state index in [1.807, 2.05) is 6.92 Å². The third kappa shape index (κ3) is 4.70. The lowest BCUT2D eigenvalue weighted by molar-refractivity contribution is 0.0533. The van der Waals surface area contributed by atoms with E-state index in [0.717, 1.165) is 16.5 Å². The van der Waals surface area contributed by atoms with Gasteiger partial charge in [0.25, 0.3) is 21.9 Å². The van der Waals surface area contributed by atoms with Crippen molar-refractivity contribution in [3.63, 3.8) is 0 Å². The van der Waals surface area contributed by atoms with Crippen molar-refractivity contribution in [3.05, 3.63) is 117 Å². The summed E-state index contributed by atoms with van der Waals surface area (Å²) in [5.41, 5.74) is 1.61. The Kier molecular flexibility index (Phi) is 7.22. The van der Waals surface area contributed by atoms with Crippen molar-refractivity contribution in [1.29, 1.82) is 0 Å². The number of carbonyl (C=O) groups excluding carboxylic acids is 2. The second-order valence-electron chi connectivity index (χ2n) is 10.5. The number of imide groups is 1. The standard InChI is InChI=1S/C33H27NO9S/c1-18-8-10-19(11-9-18)44(39,40)43-29-17-25(34-32(37)21-6-4-5-7-22(21)33(34)38)24-16-27(36)26(35)14-12-20(24)30-23(29)13-15-28(41-2)31(30)42-3/h4-16,25,29H,17H2,1-3H3,(H,35,36)/t25?,29-/m0/s1. The van der Waals surface area contributed by atoms with E-state index < -0.39 is 45.3 Å². The molecule has 2 aliphatic rings. The van der Waals surface area contributed by atoms with Gasteiger partial charge in [-0.2, -0.15) is 8.42 Å². The minimum atomic E-state index is -4.38. The quantitative estimate of drug-likeness (QED) is 0.237. The van der Waals surface area contributed by atoms with Crippen molar-refractivity contribution in [2.75, 3.05) is 14.2 Å². The van der Waals surface area contributed by atoms with Gasteiger partial charge >= 0.3 is 0 Å². The number of aryl methyl sites for hydroxylation is 1. The summed E-state index contributed by atoms with van der Waals surface area (Å²) in [5.74, 6) is -1.28. The summed E-state index contributed by atoms with van der Waals surface area (Å²) in [6.07, 6.45) is -1.50. The van der Waals surface area contributed by atoms with Gasteiger partial charge in [-0.3, -0.25) is 23.5 Å². The predicted octanol–water partition coefficient (Wildman–Crippen LogP) is 4.93. The summed E-state index contributed by atoms with van der Waals surface area (Å²) in [6, 6.07) is 18.3. The van der Waals surface area contributed by atoms with E-state index in [-0.39, 0.29) is 33.8 Å². The van der Waals surface area contributed by atoms with Crippen LogP contribution >= 0.6 is 0 Å². The van der Waals surface area contributed by atoms with E-state index in [1.54, 1.807) is 36.4 Å². The normalized spacial score (nSPS) is 17.4. The molecule has 1 heterocycles. The molecular formula is C33H27NO9S. The average Bonchev–Trinajstić information content (AvgIpc) is 3.10. The summed E-state index contributed by atoms with van der Waals surface area (Å²) in [5, 5.41) is 10.4. The van der Waals surface area contributed by atoms with Gasteiger partial charge in [0.05, 0.1) is 36.3 Å². The summed E-state index contributed by atoms with van der Waals surface area (Å²) < 4.78 is 44.5. The Morgan fingerprint density at radius 3 is 2.07 bits per heavy atom. The van der Waals surface area contributed by atoms with Crippen LogP contribution in [-0.4, -0.2) is 44.5 Å². The Bertz CT molecular complexity index is 1970. The van der Waals surface area contributed by atoms with Crippen LogP contribution in [0.2, 0.25) is 0 Å². The number of rotatable bonds is 6. The minimum Gasteiger partial charge on any atom is -0.504 e. The number of fused-ring (bicyclic) bond motifs is 4. The van der Waals surface area contributed by atoms with Gasteiger partial charge in [-0.15, -0.1) is 0 Å². The lowest BCUT2D eigenvalue weighted by atomic mass is 9.95. The van der Waals surface area contributed by atoms with Crippen LogP contribution in [0, 0.1) is 6.92 Å². The molecule has 0 fully saturated rings. The maximum atomic E-state index is 13.8. The monoisotopic (exact) mass is 613 g/mol. The van der Waals surface area contributed by atoms with Gasteiger partial charge in [0, 0.05) is 12.0 Å². The molecule has 0 bridgehead atoms.